The fourth-order valence-electron chi connectivity index (χ4n) is 3.34. The Morgan fingerprint density at radius 3 is 2.85 bits per heavy atom. The van der Waals surface area contributed by atoms with Crippen LogP contribution in [-0.2, 0) is 0 Å². The summed E-state index contributed by atoms with van der Waals surface area (Å²) in [5.74, 6) is 0.352. The van der Waals surface area contributed by atoms with Crippen LogP contribution < -0.4 is 5.32 Å². The average molecular weight is 289 g/mol. The highest BCUT2D eigenvalue weighted by Crippen LogP contribution is 2.50. The van der Waals surface area contributed by atoms with Gasteiger partial charge in [0.2, 0.25) is 0 Å². The Morgan fingerprint density at radius 1 is 1.15 bits per heavy atom. The summed E-state index contributed by atoms with van der Waals surface area (Å²) in [7, 11) is 0. The summed E-state index contributed by atoms with van der Waals surface area (Å²) in [6.45, 7) is 0. The van der Waals surface area contributed by atoms with Crippen molar-refractivity contribution in [3.63, 3.8) is 0 Å². The highest BCUT2D eigenvalue weighted by molar-refractivity contribution is 7.10. The summed E-state index contributed by atoms with van der Waals surface area (Å²) in [5, 5.41) is 3.30. The first kappa shape index (κ1) is 12.1. The number of hydrogen-bond acceptors (Lipinski definition) is 2. The van der Waals surface area contributed by atoms with E-state index in [1.54, 1.807) is 12.1 Å². The van der Waals surface area contributed by atoms with Crippen molar-refractivity contribution in [1.29, 1.82) is 0 Å². The highest BCUT2D eigenvalue weighted by Gasteiger charge is 2.38. The first-order valence-corrected chi connectivity index (χ1v) is 7.52. The monoisotopic (exact) mass is 289 g/mol. The summed E-state index contributed by atoms with van der Waals surface area (Å²) in [4.78, 5) is 1.01. The summed E-state index contributed by atoms with van der Waals surface area (Å²) in [5.41, 5.74) is 1.97. The lowest BCUT2D eigenvalue weighted by molar-refractivity contribution is 0.428. The molecule has 4 rings (SSSR count). The number of rotatable bonds is 1. The molecule has 1 aliphatic carbocycles. The third-order valence-corrected chi connectivity index (χ3v) is 5.18. The molecule has 2 aliphatic rings. The number of thiophene rings is 1. The minimum atomic E-state index is -0.204. The fraction of sp³-hybridized carbons (Fsp3) is 0.250. The molecule has 0 saturated carbocycles. The normalized spacial score (nSPS) is 27.0. The SMILES string of the molecule is Fc1ccc2c(c1)C1C=CCC1C(c1ccc(F)s1)N2. The minimum absolute atomic E-state index is 0.0995. The van der Waals surface area contributed by atoms with Crippen LogP contribution in [0.2, 0.25) is 0 Å². The maximum atomic E-state index is 13.5. The van der Waals surface area contributed by atoms with E-state index in [9.17, 15) is 8.78 Å². The van der Waals surface area contributed by atoms with Crippen LogP contribution in [0.25, 0.3) is 0 Å². The molecule has 1 aliphatic heterocycles. The zero-order chi connectivity index (χ0) is 13.7. The Balaban J connectivity index is 1.80. The van der Waals surface area contributed by atoms with Crippen LogP contribution >= 0.6 is 11.3 Å². The van der Waals surface area contributed by atoms with E-state index in [2.05, 4.69) is 17.5 Å². The molecular formula is C16H13F2NS. The van der Waals surface area contributed by atoms with Crippen molar-refractivity contribution in [2.24, 2.45) is 5.92 Å². The number of halogens is 2. The molecule has 1 aromatic carbocycles. The number of nitrogens with one attached hydrogen (secondary N) is 1. The van der Waals surface area contributed by atoms with Gasteiger partial charge in [0.05, 0.1) is 6.04 Å². The first-order chi connectivity index (χ1) is 9.72. The van der Waals surface area contributed by atoms with Gasteiger partial charge in [-0.05, 0) is 48.2 Å². The summed E-state index contributed by atoms with van der Waals surface area (Å²) in [6.07, 6.45) is 5.24. The predicted molar refractivity (Wildman–Crippen MR) is 77.0 cm³/mol. The lowest BCUT2D eigenvalue weighted by atomic mass is 9.79. The molecule has 0 amide bonds. The van der Waals surface area contributed by atoms with Crippen molar-refractivity contribution in [2.75, 3.05) is 5.32 Å². The number of fused-ring (bicyclic) bond motifs is 3. The summed E-state index contributed by atoms with van der Waals surface area (Å²) in [6, 6.07) is 8.32. The molecule has 0 radical (unpaired) electrons. The molecule has 1 N–H and O–H groups in total. The van der Waals surface area contributed by atoms with E-state index in [0.29, 0.717) is 5.92 Å². The van der Waals surface area contributed by atoms with E-state index >= 15 is 0 Å². The smallest absolute Gasteiger partial charge is 0.176 e. The third-order valence-electron chi connectivity index (χ3n) is 4.23. The van der Waals surface area contributed by atoms with Crippen LogP contribution in [0.15, 0.2) is 42.5 Å². The van der Waals surface area contributed by atoms with Gasteiger partial charge in [0.25, 0.3) is 0 Å². The van der Waals surface area contributed by atoms with Gasteiger partial charge >= 0.3 is 0 Å². The van der Waals surface area contributed by atoms with E-state index in [0.717, 1.165) is 22.5 Å². The van der Waals surface area contributed by atoms with Gasteiger partial charge in [-0.25, -0.2) is 4.39 Å². The van der Waals surface area contributed by atoms with Crippen LogP contribution in [0.1, 0.15) is 28.8 Å². The molecule has 102 valence electrons. The van der Waals surface area contributed by atoms with E-state index in [4.69, 9.17) is 0 Å². The summed E-state index contributed by atoms with van der Waals surface area (Å²) >= 11 is 1.19. The standard InChI is InChI=1S/C16H13F2NS/c17-9-4-5-13-12(8-9)10-2-1-3-11(10)16(19-13)14-6-7-15(18)20-14/h1-2,4-8,10-11,16,19H,3H2. The van der Waals surface area contributed by atoms with Crippen LogP contribution in [0, 0.1) is 16.9 Å². The van der Waals surface area contributed by atoms with Crippen molar-refractivity contribution >= 4 is 17.0 Å². The Hall–Kier alpha value is -1.68. The topological polar surface area (TPSA) is 12.0 Å². The van der Waals surface area contributed by atoms with Gasteiger partial charge in [-0.3, -0.25) is 0 Å². The van der Waals surface area contributed by atoms with Crippen LogP contribution in [0.5, 0.6) is 0 Å². The van der Waals surface area contributed by atoms with Crippen LogP contribution in [0.4, 0.5) is 14.5 Å². The molecule has 0 spiro atoms. The second kappa shape index (κ2) is 4.42. The van der Waals surface area contributed by atoms with E-state index < -0.39 is 0 Å². The average Bonchev–Trinajstić information content (AvgIpc) is 3.07. The Kier molecular flexibility index (Phi) is 2.67. The quantitative estimate of drug-likeness (QED) is 0.740. The Labute approximate surface area is 119 Å². The van der Waals surface area contributed by atoms with Crippen LogP contribution in [0.3, 0.4) is 0 Å². The highest BCUT2D eigenvalue weighted by atomic mass is 32.1. The first-order valence-electron chi connectivity index (χ1n) is 6.70. The fourth-order valence-corrected chi connectivity index (χ4v) is 4.20. The molecule has 1 nitrogen and oxygen atoms in total. The number of allylic oxidation sites excluding steroid dienone is 2. The molecule has 2 aromatic rings. The molecule has 4 heteroatoms. The van der Waals surface area contributed by atoms with Crippen molar-refractivity contribution < 1.29 is 8.78 Å². The molecule has 3 atom stereocenters. The van der Waals surface area contributed by atoms with Gasteiger partial charge in [0.15, 0.2) is 5.13 Å². The second-order valence-corrected chi connectivity index (χ2v) is 6.41. The molecule has 1 aromatic heterocycles. The van der Waals surface area contributed by atoms with Crippen LogP contribution in [-0.4, -0.2) is 0 Å². The third kappa shape index (κ3) is 1.79. The van der Waals surface area contributed by atoms with Gasteiger partial charge < -0.3 is 5.32 Å². The maximum absolute atomic E-state index is 13.5. The second-order valence-electron chi connectivity index (χ2n) is 5.35. The summed E-state index contributed by atoms with van der Waals surface area (Å²) < 4.78 is 26.8. The van der Waals surface area contributed by atoms with Crippen molar-refractivity contribution in [3.8, 4) is 0 Å². The van der Waals surface area contributed by atoms with Gasteiger partial charge in [0, 0.05) is 16.5 Å². The molecule has 3 unspecified atom stereocenters. The van der Waals surface area contributed by atoms with E-state index in [1.807, 2.05) is 6.07 Å². The molecule has 0 fully saturated rings. The van der Waals surface area contributed by atoms with E-state index in [1.165, 1.54) is 23.5 Å². The molecular weight excluding hydrogens is 276 g/mol. The number of anilines is 1. The molecule has 0 saturated heterocycles. The van der Waals surface area contributed by atoms with Gasteiger partial charge in [-0.15, -0.1) is 11.3 Å². The van der Waals surface area contributed by atoms with Gasteiger partial charge in [-0.2, -0.15) is 4.39 Å². The Bertz CT molecular complexity index is 692. The van der Waals surface area contributed by atoms with Crippen molar-refractivity contribution in [1.82, 2.24) is 0 Å². The molecule has 2 heterocycles. The van der Waals surface area contributed by atoms with Gasteiger partial charge in [-0.1, -0.05) is 12.2 Å². The molecule has 0 bridgehead atoms. The van der Waals surface area contributed by atoms with Crippen molar-refractivity contribution in [2.45, 2.75) is 18.4 Å². The molecule has 20 heavy (non-hydrogen) atoms. The van der Waals surface area contributed by atoms with E-state index in [-0.39, 0.29) is 22.9 Å². The lowest BCUT2D eigenvalue weighted by Crippen LogP contribution is -2.28. The zero-order valence-corrected chi connectivity index (χ0v) is 11.5. The maximum Gasteiger partial charge on any atom is 0.176 e. The lowest BCUT2D eigenvalue weighted by Gasteiger charge is -2.36. The predicted octanol–water partition coefficient (Wildman–Crippen LogP) is 4.85. The number of benzene rings is 1. The zero-order valence-electron chi connectivity index (χ0n) is 10.6. The van der Waals surface area contributed by atoms with Gasteiger partial charge in [0.1, 0.15) is 5.82 Å². The Morgan fingerprint density at radius 2 is 2.05 bits per heavy atom. The largest absolute Gasteiger partial charge is 0.377 e. The minimum Gasteiger partial charge on any atom is -0.377 e. The number of hydrogen-bond donors (Lipinski definition) is 1. The van der Waals surface area contributed by atoms with Crippen molar-refractivity contribution in [3.05, 3.63) is 63.9 Å².